The average molecular weight is 288 g/mol. The van der Waals surface area contributed by atoms with Crippen molar-refractivity contribution < 1.29 is 9.84 Å². The van der Waals surface area contributed by atoms with Crippen molar-refractivity contribution in [3.05, 3.63) is 52.3 Å². The first kappa shape index (κ1) is 15.3. The highest BCUT2D eigenvalue weighted by Gasteiger charge is 2.09. The predicted molar refractivity (Wildman–Crippen MR) is 82.3 cm³/mol. The zero-order valence-corrected chi connectivity index (χ0v) is 12.1. The van der Waals surface area contributed by atoms with Gasteiger partial charge in [-0.05, 0) is 42.8 Å². The lowest BCUT2D eigenvalue weighted by Crippen LogP contribution is -2.27. The lowest BCUT2D eigenvalue weighted by molar-refractivity contribution is 0.274. The van der Waals surface area contributed by atoms with E-state index in [0.717, 1.165) is 17.0 Å². The van der Waals surface area contributed by atoms with E-state index < -0.39 is 0 Å². The third kappa shape index (κ3) is 3.32. The van der Waals surface area contributed by atoms with Crippen LogP contribution in [0.1, 0.15) is 12.5 Å². The molecule has 0 amide bonds. The number of nitrogens with two attached hydrogens (primary N) is 1. The molecule has 0 spiro atoms. The summed E-state index contributed by atoms with van der Waals surface area (Å²) < 4.78 is 6.96. The molecule has 1 aromatic heterocycles. The standard InChI is InChI=1S/C16H20N2O3/c1-2-21-14-6-3-12(4-7-14)15-8-5-13(11-17)16(20)18(15)9-10-19/h3-8,19H,2,9-11,17H2,1H3. The van der Waals surface area contributed by atoms with E-state index in [0.29, 0.717) is 12.2 Å². The minimum atomic E-state index is -0.155. The van der Waals surface area contributed by atoms with Crippen LogP contribution in [0.25, 0.3) is 11.3 Å². The summed E-state index contributed by atoms with van der Waals surface area (Å²) in [5.41, 5.74) is 7.61. The van der Waals surface area contributed by atoms with Crippen molar-refractivity contribution >= 4 is 0 Å². The summed E-state index contributed by atoms with van der Waals surface area (Å²) in [7, 11) is 0. The van der Waals surface area contributed by atoms with Crippen LogP contribution in [-0.4, -0.2) is 22.9 Å². The van der Waals surface area contributed by atoms with Gasteiger partial charge < -0.3 is 20.1 Å². The molecule has 2 rings (SSSR count). The number of hydrogen-bond donors (Lipinski definition) is 2. The molecule has 112 valence electrons. The molecular weight excluding hydrogens is 268 g/mol. The molecule has 0 aliphatic heterocycles. The van der Waals surface area contributed by atoms with Gasteiger partial charge in [0.25, 0.3) is 5.56 Å². The van der Waals surface area contributed by atoms with Crippen LogP contribution in [0.2, 0.25) is 0 Å². The van der Waals surface area contributed by atoms with Gasteiger partial charge in [0.15, 0.2) is 0 Å². The topological polar surface area (TPSA) is 77.5 Å². The number of aliphatic hydroxyl groups excluding tert-OH is 1. The second-order valence-electron chi connectivity index (χ2n) is 4.59. The summed E-state index contributed by atoms with van der Waals surface area (Å²) >= 11 is 0. The molecule has 0 saturated heterocycles. The lowest BCUT2D eigenvalue weighted by Gasteiger charge is -2.14. The summed E-state index contributed by atoms with van der Waals surface area (Å²) in [5.74, 6) is 0.788. The molecule has 1 heterocycles. The lowest BCUT2D eigenvalue weighted by atomic mass is 10.1. The Morgan fingerprint density at radius 2 is 1.90 bits per heavy atom. The normalized spacial score (nSPS) is 10.6. The van der Waals surface area contributed by atoms with Crippen molar-refractivity contribution in [3.63, 3.8) is 0 Å². The van der Waals surface area contributed by atoms with E-state index >= 15 is 0 Å². The molecule has 0 bridgehead atoms. The summed E-state index contributed by atoms with van der Waals surface area (Å²) in [6.45, 7) is 2.87. The Balaban J connectivity index is 2.47. The third-order valence-electron chi connectivity index (χ3n) is 3.26. The number of benzene rings is 1. The molecule has 5 nitrogen and oxygen atoms in total. The monoisotopic (exact) mass is 288 g/mol. The van der Waals surface area contributed by atoms with Crippen LogP contribution in [0.15, 0.2) is 41.2 Å². The minimum Gasteiger partial charge on any atom is -0.494 e. The van der Waals surface area contributed by atoms with Gasteiger partial charge in [0.05, 0.1) is 18.9 Å². The Kier molecular flexibility index (Phi) is 5.14. The maximum Gasteiger partial charge on any atom is 0.255 e. The fraction of sp³-hybridized carbons (Fsp3) is 0.312. The molecule has 0 radical (unpaired) electrons. The van der Waals surface area contributed by atoms with Crippen LogP contribution < -0.4 is 16.0 Å². The zero-order chi connectivity index (χ0) is 15.2. The maximum absolute atomic E-state index is 12.3. The fourth-order valence-corrected chi connectivity index (χ4v) is 2.24. The van der Waals surface area contributed by atoms with Gasteiger partial charge in [-0.3, -0.25) is 4.79 Å². The van der Waals surface area contributed by atoms with Gasteiger partial charge in [0.1, 0.15) is 5.75 Å². The van der Waals surface area contributed by atoms with Crippen LogP contribution in [-0.2, 0) is 13.1 Å². The quantitative estimate of drug-likeness (QED) is 0.841. The first-order chi connectivity index (χ1) is 10.2. The van der Waals surface area contributed by atoms with E-state index in [9.17, 15) is 9.90 Å². The average Bonchev–Trinajstić information content (AvgIpc) is 2.51. The summed E-state index contributed by atoms with van der Waals surface area (Å²) in [6, 6.07) is 11.1. The van der Waals surface area contributed by atoms with Gasteiger partial charge in [0.2, 0.25) is 0 Å². The number of aromatic nitrogens is 1. The smallest absolute Gasteiger partial charge is 0.255 e. The highest BCUT2D eigenvalue weighted by Crippen LogP contribution is 2.22. The fourth-order valence-electron chi connectivity index (χ4n) is 2.24. The Morgan fingerprint density at radius 1 is 1.19 bits per heavy atom. The van der Waals surface area contributed by atoms with Gasteiger partial charge in [-0.1, -0.05) is 6.07 Å². The molecule has 0 fully saturated rings. The van der Waals surface area contributed by atoms with Crippen LogP contribution >= 0.6 is 0 Å². The van der Waals surface area contributed by atoms with Crippen molar-refractivity contribution in [2.45, 2.75) is 20.0 Å². The van der Waals surface area contributed by atoms with E-state index in [-0.39, 0.29) is 25.3 Å². The highest BCUT2D eigenvalue weighted by molar-refractivity contribution is 5.61. The number of aliphatic hydroxyl groups is 1. The van der Waals surface area contributed by atoms with Crippen LogP contribution in [0.3, 0.4) is 0 Å². The number of hydrogen-bond acceptors (Lipinski definition) is 4. The van der Waals surface area contributed by atoms with Gasteiger partial charge >= 0.3 is 0 Å². The van der Waals surface area contributed by atoms with Gasteiger partial charge in [0, 0.05) is 18.7 Å². The number of nitrogens with zero attached hydrogens (tertiary/aromatic N) is 1. The Labute approximate surface area is 123 Å². The van der Waals surface area contributed by atoms with Gasteiger partial charge in [-0.25, -0.2) is 0 Å². The van der Waals surface area contributed by atoms with Crippen molar-refractivity contribution in [1.29, 1.82) is 0 Å². The second-order valence-corrected chi connectivity index (χ2v) is 4.59. The SMILES string of the molecule is CCOc1ccc(-c2ccc(CN)c(=O)n2CCO)cc1. The summed E-state index contributed by atoms with van der Waals surface area (Å²) in [5, 5.41) is 9.18. The van der Waals surface area contributed by atoms with Crippen molar-refractivity contribution in [2.75, 3.05) is 13.2 Å². The zero-order valence-electron chi connectivity index (χ0n) is 12.1. The van der Waals surface area contributed by atoms with Crippen LogP contribution in [0.4, 0.5) is 0 Å². The molecule has 5 heteroatoms. The molecule has 0 aliphatic carbocycles. The van der Waals surface area contributed by atoms with E-state index in [1.807, 2.05) is 37.3 Å². The van der Waals surface area contributed by atoms with E-state index in [2.05, 4.69) is 0 Å². The van der Waals surface area contributed by atoms with E-state index in [1.165, 1.54) is 0 Å². The molecule has 3 N–H and O–H groups in total. The maximum atomic E-state index is 12.3. The number of rotatable bonds is 6. The first-order valence-corrected chi connectivity index (χ1v) is 6.98. The minimum absolute atomic E-state index is 0.0992. The van der Waals surface area contributed by atoms with Gasteiger partial charge in [-0.2, -0.15) is 0 Å². The number of ether oxygens (including phenoxy) is 1. The molecule has 0 aliphatic rings. The van der Waals surface area contributed by atoms with Crippen molar-refractivity contribution in [1.82, 2.24) is 4.57 Å². The van der Waals surface area contributed by atoms with Gasteiger partial charge in [-0.15, -0.1) is 0 Å². The summed E-state index contributed by atoms with van der Waals surface area (Å²) in [6.07, 6.45) is 0. The molecule has 0 unspecified atom stereocenters. The molecular formula is C16H20N2O3. The van der Waals surface area contributed by atoms with Crippen LogP contribution in [0, 0.1) is 0 Å². The predicted octanol–water partition coefficient (Wildman–Crippen LogP) is 1.36. The van der Waals surface area contributed by atoms with Crippen LogP contribution in [0.5, 0.6) is 5.75 Å². The molecule has 1 aromatic carbocycles. The Hall–Kier alpha value is -2.11. The largest absolute Gasteiger partial charge is 0.494 e. The highest BCUT2D eigenvalue weighted by atomic mass is 16.5. The van der Waals surface area contributed by atoms with E-state index in [4.69, 9.17) is 10.5 Å². The first-order valence-electron chi connectivity index (χ1n) is 6.98. The Bertz CT molecular complexity index is 648. The molecule has 2 aromatic rings. The van der Waals surface area contributed by atoms with Crippen molar-refractivity contribution in [3.8, 4) is 17.0 Å². The Morgan fingerprint density at radius 3 is 2.48 bits per heavy atom. The van der Waals surface area contributed by atoms with E-state index in [1.54, 1.807) is 10.6 Å². The third-order valence-corrected chi connectivity index (χ3v) is 3.26. The molecule has 0 atom stereocenters. The second kappa shape index (κ2) is 7.06. The number of pyridine rings is 1. The molecule has 0 saturated carbocycles. The van der Waals surface area contributed by atoms with Crippen molar-refractivity contribution in [2.24, 2.45) is 5.73 Å². The summed E-state index contributed by atoms with van der Waals surface area (Å²) in [4.78, 5) is 12.3. The molecule has 21 heavy (non-hydrogen) atoms.